The Hall–Kier alpha value is -0.610. The smallest absolute Gasteiger partial charge is 0.0943 e. The number of hydrogen-bond acceptors (Lipinski definition) is 3. The highest BCUT2D eigenvalue weighted by atomic mass is 35.5. The molecule has 114 valence electrons. The third-order valence-electron chi connectivity index (χ3n) is 3.27. The maximum absolute atomic E-state index is 6.31. The fraction of sp³-hybridized carbons (Fsp3) is 0.438. The van der Waals surface area contributed by atoms with Crippen molar-refractivity contribution in [1.29, 1.82) is 0 Å². The van der Waals surface area contributed by atoms with Gasteiger partial charge in [0.25, 0.3) is 0 Å². The van der Waals surface area contributed by atoms with Crippen molar-refractivity contribution in [3.05, 3.63) is 49.9 Å². The van der Waals surface area contributed by atoms with Crippen molar-refractivity contribution in [1.82, 2.24) is 10.3 Å². The average Bonchev–Trinajstić information content (AvgIpc) is 2.86. The molecule has 0 fully saturated rings. The lowest BCUT2D eigenvalue weighted by molar-refractivity contribution is 0.504. The van der Waals surface area contributed by atoms with Gasteiger partial charge in [0.15, 0.2) is 0 Å². The summed E-state index contributed by atoms with van der Waals surface area (Å²) in [6, 6.07) is 6.15. The molecule has 2 rings (SSSR count). The Bertz CT molecular complexity index is 583. The molecular formula is C16H20Cl2N2S. The summed E-state index contributed by atoms with van der Waals surface area (Å²) in [4.78, 5) is 4.56. The molecule has 21 heavy (non-hydrogen) atoms. The third kappa shape index (κ3) is 4.96. The molecule has 0 bridgehead atoms. The lowest BCUT2D eigenvalue weighted by atomic mass is 10.0. The summed E-state index contributed by atoms with van der Waals surface area (Å²) in [7, 11) is 0. The highest BCUT2D eigenvalue weighted by Crippen LogP contribution is 2.27. The molecule has 1 unspecified atom stereocenters. The molecule has 5 heteroatoms. The predicted octanol–water partition coefficient (Wildman–Crippen LogP) is 4.91. The fourth-order valence-electron chi connectivity index (χ4n) is 2.24. The van der Waals surface area contributed by atoms with Gasteiger partial charge in [0.2, 0.25) is 0 Å². The van der Waals surface area contributed by atoms with E-state index in [1.165, 1.54) is 5.01 Å². The van der Waals surface area contributed by atoms with E-state index in [0.717, 1.165) is 37.1 Å². The van der Waals surface area contributed by atoms with Crippen LogP contribution in [0.5, 0.6) is 0 Å². The molecule has 2 nitrogen and oxygen atoms in total. The second-order valence-corrected chi connectivity index (χ2v) is 6.88. The molecule has 0 aliphatic heterocycles. The topological polar surface area (TPSA) is 24.9 Å². The summed E-state index contributed by atoms with van der Waals surface area (Å²) in [6.07, 6.45) is 2.88. The number of hydrogen-bond donors (Lipinski definition) is 1. The van der Waals surface area contributed by atoms with Crippen LogP contribution in [0.2, 0.25) is 10.0 Å². The van der Waals surface area contributed by atoms with E-state index in [1.54, 1.807) is 11.3 Å². The fourth-order valence-corrected chi connectivity index (χ4v) is 3.49. The lowest BCUT2D eigenvalue weighted by Crippen LogP contribution is -2.33. The summed E-state index contributed by atoms with van der Waals surface area (Å²) in [6.45, 7) is 5.19. The Kier molecular flexibility index (Phi) is 6.49. The minimum atomic E-state index is 0.325. The van der Waals surface area contributed by atoms with Crippen molar-refractivity contribution in [3.8, 4) is 0 Å². The van der Waals surface area contributed by atoms with Crippen molar-refractivity contribution in [3.63, 3.8) is 0 Å². The van der Waals surface area contributed by atoms with Crippen LogP contribution in [-0.4, -0.2) is 17.6 Å². The molecule has 0 aliphatic rings. The molecule has 1 heterocycles. The quantitative estimate of drug-likeness (QED) is 0.772. The molecule has 0 saturated heterocycles. The van der Waals surface area contributed by atoms with E-state index < -0.39 is 0 Å². The Morgan fingerprint density at radius 1 is 1.29 bits per heavy atom. The summed E-state index contributed by atoms with van der Waals surface area (Å²) in [5, 5.41) is 8.13. The maximum atomic E-state index is 6.31. The second-order valence-electron chi connectivity index (χ2n) is 5.15. The Balaban J connectivity index is 2.10. The van der Waals surface area contributed by atoms with Gasteiger partial charge in [0, 0.05) is 23.5 Å². The first-order chi connectivity index (χ1) is 10.1. The van der Waals surface area contributed by atoms with Crippen molar-refractivity contribution < 1.29 is 0 Å². The van der Waals surface area contributed by atoms with Gasteiger partial charge in [-0.15, -0.1) is 11.3 Å². The Morgan fingerprint density at radius 2 is 2.10 bits per heavy atom. The van der Waals surface area contributed by atoms with Gasteiger partial charge in [-0.25, -0.2) is 4.98 Å². The molecule has 2 aromatic rings. The average molecular weight is 343 g/mol. The summed E-state index contributed by atoms with van der Waals surface area (Å²) >= 11 is 14.1. The van der Waals surface area contributed by atoms with Crippen LogP contribution in [0.25, 0.3) is 0 Å². The minimum Gasteiger partial charge on any atom is -0.313 e. The molecular weight excluding hydrogens is 323 g/mol. The first kappa shape index (κ1) is 16.8. The van der Waals surface area contributed by atoms with Gasteiger partial charge in [-0.1, -0.05) is 42.3 Å². The van der Waals surface area contributed by atoms with E-state index in [0.29, 0.717) is 16.1 Å². The first-order valence-corrected chi connectivity index (χ1v) is 8.81. The van der Waals surface area contributed by atoms with Crippen LogP contribution in [0.4, 0.5) is 0 Å². The van der Waals surface area contributed by atoms with Gasteiger partial charge in [-0.3, -0.25) is 0 Å². The number of nitrogens with one attached hydrogen (secondary N) is 1. The third-order valence-corrected chi connectivity index (χ3v) is 5.12. The van der Waals surface area contributed by atoms with Gasteiger partial charge in [0.05, 0.1) is 15.1 Å². The molecule has 1 atom stereocenters. The Morgan fingerprint density at radius 3 is 2.76 bits per heavy atom. The number of benzene rings is 1. The van der Waals surface area contributed by atoms with Crippen LogP contribution in [0, 0.1) is 6.92 Å². The molecule has 1 aromatic heterocycles. The van der Waals surface area contributed by atoms with Crippen LogP contribution in [0.3, 0.4) is 0 Å². The van der Waals surface area contributed by atoms with E-state index in [1.807, 2.05) is 25.1 Å². The SMILES string of the molecule is CCCNC(Cc1nc(C)cs1)Cc1cccc(Cl)c1Cl. The number of rotatable bonds is 7. The van der Waals surface area contributed by atoms with Crippen LogP contribution < -0.4 is 5.32 Å². The van der Waals surface area contributed by atoms with Gasteiger partial charge >= 0.3 is 0 Å². The van der Waals surface area contributed by atoms with Gasteiger partial charge < -0.3 is 5.32 Å². The van der Waals surface area contributed by atoms with Crippen LogP contribution in [-0.2, 0) is 12.8 Å². The van der Waals surface area contributed by atoms with Gasteiger partial charge in [-0.2, -0.15) is 0 Å². The van der Waals surface area contributed by atoms with Gasteiger partial charge in [0.1, 0.15) is 0 Å². The Labute approximate surface area is 140 Å². The summed E-state index contributed by atoms with van der Waals surface area (Å²) < 4.78 is 0. The van der Waals surface area contributed by atoms with E-state index in [4.69, 9.17) is 23.2 Å². The number of thiazole rings is 1. The van der Waals surface area contributed by atoms with Crippen LogP contribution >= 0.6 is 34.5 Å². The van der Waals surface area contributed by atoms with E-state index in [-0.39, 0.29) is 0 Å². The number of halogens is 2. The number of aryl methyl sites for hydroxylation is 1. The highest BCUT2D eigenvalue weighted by molar-refractivity contribution is 7.09. The summed E-state index contributed by atoms with van der Waals surface area (Å²) in [5.41, 5.74) is 2.18. The number of nitrogens with zero attached hydrogens (tertiary/aromatic N) is 1. The molecule has 0 amide bonds. The molecule has 1 N–H and O–H groups in total. The van der Waals surface area contributed by atoms with Crippen molar-refractivity contribution in [2.75, 3.05) is 6.54 Å². The van der Waals surface area contributed by atoms with E-state index in [2.05, 4.69) is 22.6 Å². The monoisotopic (exact) mass is 342 g/mol. The molecule has 0 radical (unpaired) electrons. The minimum absolute atomic E-state index is 0.325. The van der Waals surface area contributed by atoms with Gasteiger partial charge in [-0.05, 0) is 37.9 Å². The molecule has 0 aliphatic carbocycles. The van der Waals surface area contributed by atoms with Crippen LogP contribution in [0.15, 0.2) is 23.6 Å². The van der Waals surface area contributed by atoms with E-state index in [9.17, 15) is 0 Å². The zero-order valence-electron chi connectivity index (χ0n) is 12.3. The zero-order valence-corrected chi connectivity index (χ0v) is 14.7. The normalized spacial score (nSPS) is 12.6. The maximum Gasteiger partial charge on any atom is 0.0943 e. The van der Waals surface area contributed by atoms with Crippen molar-refractivity contribution in [2.45, 2.75) is 39.2 Å². The van der Waals surface area contributed by atoms with E-state index >= 15 is 0 Å². The van der Waals surface area contributed by atoms with Crippen LogP contribution in [0.1, 0.15) is 29.6 Å². The highest BCUT2D eigenvalue weighted by Gasteiger charge is 2.14. The molecule has 0 saturated carbocycles. The molecule has 1 aromatic carbocycles. The van der Waals surface area contributed by atoms with Crippen molar-refractivity contribution >= 4 is 34.5 Å². The standard InChI is InChI=1S/C16H20Cl2N2S/c1-3-7-19-13(9-15-20-11(2)10-21-15)8-12-5-4-6-14(17)16(12)18/h4-6,10,13,19H,3,7-9H2,1-2H3. The predicted molar refractivity (Wildman–Crippen MR) is 92.8 cm³/mol. The second kappa shape index (κ2) is 8.14. The number of aromatic nitrogens is 1. The summed E-state index contributed by atoms with van der Waals surface area (Å²) in [5.74, 6) is 0. The largest absolute Gasteiger partial charge is 0.313 e. The zero-order chi connectivity index (χ0) is 15.2. The lowest BCUT2D eigenvalue weighted by Gasteiger charge is -2.18. The van der Waals surface area contributed by atoms with Crippen molar-refractivity contribution in [2.24, 2.45) is 0 Å². The molecule has 0 spiro atoms. The first-order valence-electron chi connectivity index (χ1n) is 7.17.